The molecule has 5 heteroatoms. The van der Waals surface area contributed by atoms with Gasteiger partial charge in [0.05, 0.1) is 11.7 Å². The van der Waals surface area contributed by atoms with Crippen molar-refractivity contribution in [3.63, 3.8) is 0 Å². The van der Waals surface area contributed by atoms with Crippen molar-refractivity contribution in [2.24, 2.45) is 0 Å². The zero-order valence-electron chi connectivity index (χ0n) is 14.0. The summed E-state index contributed by atoms with van der Waals surface area (Å²) in [7, 11) is 0. The summed E-state index contributed by atoms with van der Waals surface area (Å²) in [6.45, 7) is 10.5. The molecular formula is C17H26N4O. The first kappa shape index (κ1) is 15.3. The molecule has 0 radical (unpaired) electrons. The van der Waals surface area contributed by atoms with E-state index in [2.05, 4.69) is 53.2 Å². The fourth-order valence-corrected chi connectivity index (χ4v) is 3.10. The molecule has 1 fully saturated rings. The number of rotatable bonds is 3. The average Bonchev–Trinajstić information content (AvgIpc) is 3.08. The molecule has 1 atom stereocenters. The van der Waals surface area contributed by atoms with Gasteiger partial charge in [-0.2, -0.15) is 5.10 Å². The minimum Gasteiger partial charge on any atom is -0.361 e. The maximum Gasteiger partial charge on any atom is 0.133 e. The quantitative estimate of drug-likeness (QED) is 0.938. The first-order chi connectivity index (χ1) is 10.4. The van der Waals surface area contributed by atoms with Gasteiger partial charge in [0.15, 0.2) is 0 Å². The third-order valence-electron chi connectivity index (χ3n) is 4.37. The normalized spacial score (nSPS) is 20.5. The zero-order valence-corrected chi connectivity index (χ0v) is 14.0. The Labute approximate surface area is 132 Å². The van der Waals surface area contributed by atoms with Crippen LogP contribution in [0.3, 0.4) is 0 Å². The Morgan fingerprint density at radius 1 is 1.32 bits per heavy atom. The molecule has 0 spiro atoms. The number of hydrogen-bond donors (Lipinski definition) is 1. The summed E-state index contributed by atoms with van der Waals surface area (Å²) in [6, 6.07) is 4.61. The van der Waals surface area contributed by atoms with Gasteiger partial charge in [-0.05, 0) is 32.4 Å². The van der Waals surface area contributed by atoms with Crippen molar-refractivity contribution in [2.45, 2.75) is 65.0 Å². The standard InChI is InChI=1S/C17H26N4O/c1-12-9-14(20-22-12)15-7-5-6-8-21(15)11-13-10-16(19-18-13)17(2,3)4/h9-10,15H,5-8,11H2,1-4H3,(H,18,19). The van der Waals surface area contributed by atoms with Gasteiger partial charge >= 0.3 is 0 Å². The Balaban J connectivity index is 1.75. The van der Waals surface area contributed by atoms with Crippen LogP contribution in [0.15, 0.2) is 16.7 Å². The van der Waals surface area contributed by atoms with E-state index in [1.807, 2.05) is 6.92 Å². The van der Waals surface area contributed by atoms with Crippen molar-refractivity contribution in [2.75, 3.05) is 6.54 Å². The van der Waals surface area contributed by atoms with E-state index >= 15 is 0 Å². The fraction of sp³-hybridized carbons (Fsp3) is 0.647. The maximum atomic E-state index is 5.27. The van der Waals surface area contributed by atoms with E-state index in [0.29, 0.717) is 6.04 Å². The number of aryl methyl sites for hydroxylation is 1. The Hall–Kier alpha value is -1.62. The summed E-state index contributed by atoms with van der Waals surface area (Å²) >= 11 is 0. The second-order valence-corrected chi connectivity index (χ2v) is 7.37. The van der Waals surface area contributed by atoms with Crippen LogP contribution >= 0.6 is 0 Å². The molecule has 0 amide bonds. The molecular weight excluding hydrogens is 276 g/mol. The van der Waals surface area contributed by atoms with Crippen molar-refractivity contribution >= 4 is 0 Å². The van der Waals surface area contributed by atoms with Gasteiger partial charge in [-0.25, -0.2) is 0 Å². The molecule has 0 saturated carbocycles. The molecule has 120 valence electrons. The van der Waals surface area contributed by atoms with Crippen molar-refractivity contribution in [3.8, 4) is 0 Å². The second-order valence-electron chi connectivity index (χ2n) is 7.37. The predicted octanol–water partition coefficient (Wildman–Crippen LogP) is 3.73. The van der Waals surface area contributed by atoms with E-state index < -0.39 is 0 Å². The summed E-state index contributed by atoms with van der Waals surface area (Å²) in [6.07, 6.45) is 3.64. The lowest BCUT2D eigenvalue weighted by molar-refractivity contribution is 0.132. The number of aromatic nitrogens is 3. The van der Waals surface area contributed by atoms with Crippen molar-refractivity contribution < 1.29 is 4.52 Å². The molecule has 0 aliphatic carbocycles. The topological polar surface area (TPSA) is 58.0 Å². The molecule has 1 aliphatic heterocycles. The minimum atomic E-state index is 0.0826. The monoisotopic (exact) mass is 302 g/mol. The van der Waals surface area contributed by atoms with Gasteiger partial charge in [0.25, 0.3) is 0 Å². The second kappa shape index (κ2) is 5.88. The molecule has 1 aliphatic rings. The van der Waals surface area contributed by atoms with E-state index in [1.54, 1.807) is 0 Å². The van der Waals surface area contributed by atoms with Crippen LogP contribution in [0.4, 0.5) is 0 Å². The Morgan fingerprint density at radius 3 is 2.77 bits per heavy atom. The van der Waals surface area contributed by atoms with Crippen LogP contribution in [0.2, 0.25) is 0 Å². The van der Waals surface area contributed by atoms with Crippen LogP contribution in [0, 0.1) is 6.92 Å². The van der Waals surface area contributed by atoms with Crippen LogP contribution in [-0.2, 0) is 12.0 Å². The number of H-pyrrole nitrogens is 1. The smallest absolute Gasteiger partial charge is 0.133 e. The van der Waals surface area contributed by atoms with Gasteiger partial charge in [0.1, 0.15) is 11.5 Å². The summed E-state index contributed by atoms with van der Waals surface area (Å²) in [4.78, 5) is 2.49. The molecule has 22 heavy (non-hydrogen) atoms. The Kier molecular flexibility index (Phi) is 4.08. The summed E-state index contributed by atoms with van der Waals surface area (Å²) < 4.78 is 5.27. The molecule has 3 heterocycles. The Bertz CT molecular complexity index is 623. The highest BCUT2D eigenvalue weighted by atomic mass is 16.5. The van der Waals surface area contributed by atoms with Crippen molar-refractivity contribution in [1.82, 2.24) is 20.3 Å². The third kappa shape index (κ3) is 3.24. The van der Waals surface area contributed by atoms with E-state index in [0.717, 1.165) is 36.7 Å². The molecule has 2 aromatic heterocycles. The van der Waals surface area contributed by atoms with Gasteiger partial charge in [0, 0.05) is 23.7 Å². The SMILES string of the molecule is Cc1cc(C2CCCCN2Cc2cc(C(C)(C)C)n[nH]2)no1. The number of likely N-dealkylation sites (tertiary alicyclic amines) is 1. The first-order valence-electron chi connectivity index (χ1n) is 8.15. The highest BCUT2D eigenvalue weighted by molar-refractivity contribution is 5.17. The zero-order chi connectivity index (χ0) is 15.7. The largest absolute Gasteiger partial charge is 0.361 e. The number of hydrogen-bond acceptors (Lipinski definition) is 4. The van der Waals surface area contributed by atoms with Crippen LogP contribution in [0.1, 0.15) is 68.9 Å². The van der Waals surface area contributed by atoms with Crippen LogP contribution in [0.5, 0.6) is 0 Å². The van der Waals surface area contributed by atoms with Crippen LogP contribution in [-0.4, -0.2) is 26.8 Å². The Morgan fingerprint density at radius 2 is 2.14 bits per heavy atom. The molecule has 0 bridgehead atoms. The summed E-state index contributed by atoms with van der Waals surface area (Å²) in [5, 5.41) is 11.9. The first-order valence-corrected chi connectivity index (χ1v) is 8.15. The molecule has 1 unspecified atom stereocenters. The van der Waals surface area contributed by atoms with Crippen molar-refractivity contribution in [1.29, 1.82) is 0 Å². The number of piperidine rings is 1. The minimum absolute atomic E-state index is 0.0826. The van der Waals surface area contributed by atoms with E-state index in [4.69, 9.17) is 4.52 Å². The lowest BCUT2D eigenvalue weighted by Crippen LogP contribution is -2.33. The molecule has 5 nitrogen and oxygen atoms in total. The van der Waals surface area contributed by atoms with Gasteiger partial charge in [0.2, 0.25) is 0 Å². The van der Waals surface area contributed by atoms with Gasteiger partial charge in [-0.1, -0.05) is 32.3 Å². The van der Waals surface area contributed by atoms with E-state index in [1.165, 1.54) is 18.5 Å². The molecule has 2 aromatic rings. The molecule has 3 rings (SSSR count). The number of nitrogens with one attached hydrogen (secondary N) is 1. The lowest BCUT2D eigenvalue weighted by atomic mass is 9.92. The van der Waals surface area contributed by atoms with Gasteiger partial charge in [-0.3, -0.25) is 10.00 Å². The molecule has 1 saturated heterocycles. The lowest BCUT2D eigenvalue weighted by Gasteiger charge is -2.33. The summed E-state index contributed by atoms with van der Waals surface area (Å²) in [5.41, 5.74) is 3.44. The van der Waals surface area contributed by atoms with Gasteiger partial charge in [-0.15, -0.1) is 0 Å². The number of aromatic amines is 1. The van der Waals surface area contributed by atoms with Crippen molar-refractivity contribution in [3.05, 3.63) is 35.0 Å². The fourth-order valence-electron chi connectivity index (χ4n) is 3.10. The third-order valence-corrected chi connectivity index (χ3v) is 4.37. The maximum absolute atomic E-state index is 5.27. The van der Waals surface area contributed by atoms with Crippen LogP contribution in [0.25, 0.3) is 0 Å². The number of nitrogens with zero attached hydrogens (tertiary/aromatic N) is 3. The molecule has 0 aromatic carbocycles. The van der Waals surface area contributed by atoms with Crippen LogP contribution < -0.4 is 0 Å². The van der Waals surface area contributed by atoms with E-state index in [9.17, 15) is 0 Å². The summed E-state index contributed by atoms with van der Waals surface area (Å²) in [5.74, 6) is 0.886. The van der Waals surface area contributed by atoms with Gasteiger partial charge < -0.3 is 4.52 Å². The predicted molar refractivity (Wildman–Crippen MR) is 85.5 cm³/mol. The highest BCUT2D eigenvalue weighted by Gasteiger charge is 2.27. The van der Waals surface area contributed by atoms with E-state index in [-0.39, 0.29) is 5.41 Å². The average molecular weight is 302 g/mol. The molecule has 1 N–H and O–H groups in total. The highest BCUT2D eigenvalue weighted by Crippen LogP contribution is 2.32.